The van der Waals surface area contributed by atoms with Crippen molar-refractivity contribution in [2.24, 2.45) is 0 Å². The molecule has 1 unspecified atom stereocenters. The molecule has 0 bridgehead atoms. The molecule has 1 aliphatic heterocycles. The summed E-state index contributed by atoms with van der Waals surface area (Å²) in [5.74, 6) is 0. The summed E-state index contributed by atoms with van der Waals surface area (Å²) in [6.07, 6.45) is 2.27. The van der Waals surface area contributed by atoms with Crippen LogP contribution in [0.5, 0.6) is 0 Å². The summed E-state index contributed by atoms with van der Waals surface area (Å²) < 4.78 is 5.28. The van der Waals surface area contributed by atoms with Crippen molar-refractivity contribution >= 4 is 6.03 Å². The summed E-state index contributed by atoms with van der Waals surface area (Å²) >= 11 is 0. The van der Waals surface area contributed by atoms with Crippen molar-refractivity contribution in [3.8, 4) is 0 Å². The van der Waals surface area contributed by atoms with Gasteiger partial charge >= 0.3 is 6.03 Å². The van der Waals surface area contributed by atoms with E-state index in [0.29, 0.717) is 6.54 Å². The standard InChI is InChI=1S/C11H22N2O2/c1-11(2,3)12-10(14)13-7-5-6-9(8-13)15-4/h9H,5-8H2,1-4H3,(H,12,14). The summed E-state index contributed by atoms with van der Waals surface area (Å²) in [4.78, 5) is 13.7. The summed E-state index contributed by atoms with van der Waals surface area (Å²) in [7, 11) is 1.70. The van der Waals surface area contributed by atoms with Gasteiger partial charge in [-0.1, -0.05) is 0 Å². The van der Waals surface area contributed by atoms with Crippen LogP contribution in [0.4, 0.5) is 4.79 Å². The number of hydrogen-bond acceptors (Lipinski definition) is 2. The van der Waals surface area contributed by atoms with Crippen LogP contribution in [-0.2, 0) is 4.74 Å². The molecule has 4 heteroatoms. The number of rotatable bonds is 1. The molecule has 15 heavy (non-hydrogen) atoms. The fourth-order valence-electron chi connectivity index (χ4n) is 1.71. The number of amides is 2. The van der Waals surface area contributed by atoms with Crippen molar-refractivity contribution in [2.45, 2.75) is 45.3 Å². The van der Waals surface area contributed by atoms with Gasteiger partial charge in [0.25, 0.3) is 0 Å². The van der Waals surface area contributed by atoms with Crippen LogP contribution in [0.3, 0.4) is 0 Å². The summed E-state index contributed by atoms with van der Waals surface area (Å²) in [5.41, 5.74) is -0.170. The van der Waals surface area contributed by atoms with E-state index in [9.17, 15) is 4.79 Å². The molecular weight excluding hydrogens is 192 g/mol. The maximum Gasteiger partial charge on any atom is 0.317 e. The van der Waals surface area contributed by atoms with Crippen LogP contribution in [0.25, 0.3) is 0 Å². The minimum atomic E-state index is -0.170. The van der Waals surface area contributed by atoms with Crippen LogP contribution < -0.4 is 5.32 Å². The summed E-state index contributed by atoms with van der Waals surface area (Å²) in [6, 6.07) is 0.0178. The maximum atomic E-state index is 11.8. The topological polar surface area (TPSA) is 41.6 Å². The maximum absolute atomic E-state index is 11.8. The molecule has 88 valence electrons. The van der Waals surface area contributed by atoms with Crippen molar-refractivity contribution in [3.05, 3.63) is 0 Å². The zero-order valence-corrected chi connectivity index (χ0v) is 10.2. The second-order valence-corrected chi connectivity index (χ2v) is 5.13. The predicted octanol–water partition coefficient (Wildman–Crippen LogP) is 1.61. The number of nitrogens with one attached hydrogen (secondary N) is 1. The number of urea groups is 1. The lowest BCUT2D eigenvalue weighted by Crippen LogP contribution is -2.52. The second kappa shape index (κ2) is 4.84. The molecule has 0 aromatic heterocycles. The Morgan fingerprint density at radius 1 is 1.47 bits per heavy atom. The molecule has 1 heterocycles. The molecule has 1 aliphatic rings. The number of piperidine rings is 1. The molecule has 0 saturated carbocycles. The number of carbonyl (C=O) groups is 1. The van der Waals surface area contributed by atoms with E-state index in [2.05, 4.69) is 5.32 Å². The third kappa shape index (κ3) is 4.08. The van der Waals surface area contributed by atoms with E-state index < -0.39 is 0 Å². The number of ether oxygens (including phenoxy) is 1. The van der Waals surface area contributed by atoms with E-state index >= 15 is 0 Å². The highest BCUT2D eigenvalue weighted by molar-refractivity contribution is 5.75. The monoisotopic (exact) mass is 214 g/mol. The number of likely N-dealkylation sites (tertiary alicyclic amines) is 1. The molecule has 0 radical (unpaired) electrons. The fourth-order valence-corrected chi connectivity index (χ4v) is 1.71. The van der Waals surface area contributed by atoms with Crippen LogP contribution in [-0.4, -0.2) is 42.8 Å². The lowest BCUT2D eigenvalue weighted by molar-refractivity contribution is 0.0424. The summed E-state index contributed by atoms with van der Waals surface area (Å²) in [6.45, 7) is 7.51. The molecule has 0 spiro atoms. The largest absolute Gasteiger partial charge is 0.380 e. The third-order valence-corrected chi connectivity index (χ3v) is 2.48. The highest BCUT2D eigenvalue weighted by atomic mass is 16.5. The molecule has 1 atom stereocenters. The number of carbonyl (C=O) groups excluding carboxylic acids is 1. The number of nitrogens with zero attached hydrogens (tertiary/aromatic N) is 1. The molecule has 2 amide bonds. The Balaban J connectivity index is 2.45. The smallest absolute Gasteiger partial charge is 0.317 e. The zero-order valence-electron chi connectivity index (χ0n) is 10.2. The van der Waals surface area contributed by atoms with Gasteiger partial charge in [0.05, 0.1) is 6.10 Å². The van der Waals surface area contributed by atoms with Gasteiger partial charge in [0.2, 0.25) is 0 Å². The molecule has 4 nitrogen and oxygen atoms in total. The SMILES string of the molecule is COC1CCCN(C(=O)NC(C)(C)C)C1. The van der Waals surface area contributed by atoms with Crippen LogP contribution >= 0.6 is 0 Å². The van der Waals surface area contributed by atoms with Crippen LogP contribution in [0.15, 0.2) is 0 Å². The van der Waals surface area contributed by atoms with Crippen molar-refractivity contribution in [1.29, 1.82) is 0 Å². The number of hydrogen-bond donors (Lipinski definition) is 1. The van der Waals surface area contributed by atoms with E-state index in [1.807, 2.05) is 25.7 Å². The van der Waals surface area contributed by atoms with E-state index in [1.165, 1.54) is 0 Å². The van der Waals surface area contributed by atoms with Crippen molar-refractivity contribution in [3.63, 3.8) is 0 Å². The average molecular weight is 214 g/mol. The quantitative estimate of drug-likeness (QED) is 0.720. The van der Waals surface area contributed by atoms with Crippen molar-refractivity contribution in [1.82, 2.24) is 10.2 Å². The Morgan fingerprint density at radius 2 is 2.13 bits per heavy atom. The Bertz CT molecular complexity index is 223. The zero-order chi connectivity index (χ0) is 11.5. The molecule has 0 aromatic carbocycles. The highest BCUT2D eigenvalue weighted by Crippen LogP contribution is 2.13. The minimum absolute atomic E-state index is 0.0178. The van der Waals surface area contributed by atoms with Crippen molar-refractivity contribution < 1.29 is 9.53 Å². The van der Waals surface area contributed by atoms with Gasteiger partial charge in [-0.3, -0.25) is 0 Å². The van der Waals surface area contributed by atoms with Crippen LogP contribution in [0.2, 0.25) is 0 Å². The Hall–Kier alpha value is -0.770. The van der Waals surface area contributed by atoms with Crippen LogP contribution in [0, 0.1) is 0 Å². The van der Waals surface area contributed by atoms with Gasteiger partial charge in [-0.2, -0.15) is 0 Å². The molecule has 1 saturated heterocycles. The Labute approximate surface area is 92.0 Å². The van der Waals surface area contributed by atoms with Gasteiger partial charge in [0.15, 0.2) is 0 Å². The first-order chi connectivity index (χ1) is 6.92. The lowest BCUT2D eigenvalue weighted by atomic mass is 10.1. The van der Waals surface area contributed by atoms with E-state index in [4.69, 9.17) is 4.74 Å². The molecule has 1 rings (SSSR count). The molecule has 1 fully saturated rings. The van der Waals surface area contributed by atoms with E-state index in [1.54, 1.807) is 7.11 Å². The van der Waals surface area contributed by atoms with Crippen molar-refractivity contribution in [2.75, 3.05) is 20.2 Å². The van der Waals surface area contributed by atoms with Gasteiger partial charge in [-0.25, -0.2) is 4.79 Å². The van der Waals surface area contributed by atoms with Gasteiger partial charge in [0, 0.05) is 25.7 Å². The first-order valence-corrected chi connectivity index (χ1v) is 5.52. The Morgan fingerprint density at radius 3 is 2.67 bits per heavy atom. The van der Waals surface area contributed by atoms with Crippen LogP contribution in [0.1, 0.15) is 33.6 Å². The third-order valence-electron chi connectivity index (χ3n) is 2.48. The van der Waals surface area contributed by atoms with E-state index in [0.717, 1.165) is 19.4 Å². The predicted molar refractivity (Wildman–Crippen MR) is 59.9 cm³/mol. The molecule has 1 N–H and O–H groups in total. The lowest BCUT2D eigenvalue weighted by Gasteiger charge is -2.34. The van der Waals surface area contributed by atoms with Gasteiger partial charge in [-0.05, 0) is 33.6 Å². The van der Waals surface area contributed by atoms with Gasteiger partial charge in [0.1, 0.15) is 0 Å². The number of methoxy groups -OCH3 is 1. The van der Waals surface area contributed by atoms with Gasteiger partial charge < -0.3 is 15.0 Å². The first-order valence-electron chi connectivity index (χ1n) is 5.52. The Kier molecular flexibility index (Phi) is 3.97. The normalized spacial score (nSPS) is 22.7. The molecule has 0 aliphatic carbocycles. The summed E-state index contributed by atoms with van der Waals surface area (Å²) in [5, 5.41) is 2.96. The molecular formula is C11H22N2O2. The highest BCUT2D eigenvalue weighted by Gasteiger charge is 2.25. The minimum Gasteiger partial charge on any atom is -0.380 e. The molecule has 0 aromatic rings. The second-order valence-electron chi connectivity index (χ2n) is 5.13. The average Bonchev–Trinajstić information content (AvgIpc) is 2.15. The van der Waals surface area contributed by atoms with Gasteiger partial charge in [-0.15, -0.1) is 0 Å². The first kappa shape index (κ1) is 12.3. The van der Waals surface area contributed by atoms with E-state index in [-0.39, 0.29) is 17.7 Å². The fraction of sp³-hybridized carbons (Fsp3) is 0.909.